The molecule has 0 aliphatic rings. The van der Waals surface area contributed by atoms with Gasteiger partial charge in [-0.15, -0.1) is 11.6 Å². The van der Waals surface area contributed by atoms with Crippen LogP contribution in [-0.4, -0.2) is 10.9 Å². The van der Waals surface area contributed by atoms with Crippen LogP contribution in [-0.2, 0) is 6.42 Å². The molecule has 0 spiro atoms. The monoisotopic (exact) mass is 269 g/mol. The van der Waals surface area contributed by atoms with Crippen molar-refractivity contribution in [1.29, 1.82) is 0 Å². The van der Waals surface area contributed by atoms with Crippen molar-refractivity contribution in [2.45, 2.75) is 19.8 Å². The third-order valence-corrected chi connectivity index (χ3v) is 3.29. The Labute approximate surface area is 111 Å². The lowest BCUT2D eigenvalue weighted by molar-refractivity contribution is 0.503. The van der Waals surface area contributed by atoms with E-state index in [1.807, 2.05) is 25.1 Å². The molecule has 2 rings (SSSR count). The molecule has 90 valence electrons. The van der Waals surface area contributed by atoms with Gasteiger partial charge in [0, 0.05) is 22.9 Å². The van der Waals surface area contributed by atoms with E-state index in [1.54, 1.807) is 6.20 Å². The SMILES string of the molecule is Cc1c(Cl)cccc1-c1cnc(CCCCl)o1. The number of alkyl halides is 1. The van der Waals surface area contributed by atoms with Crippen molar-refractivity contribution < 1.29 is 4.42 Å². The van der Waals surface area contributed by atoms with Gasteiger partial charge in [-0.1, -0.05) is 23.7 Å². The number of halogens is 2. The number of hydrogen-bond donors (Lipinski definition) is 0. The van der Waals surface area contributed by atoms with Crippen LogP contribution in [0.25, 0.3) is 11.3 Å². The average Bonchev–Trinajstić information content (AvgIpc) is 2.78. The van der Waals surface area contributed by atoms with E-state index in [1.165, 1.54) is 0 Å². The number of benzene rings is 1. The highest BCUT2D eigenvalue weighted by Crippen LogP contribution is 2.28. The summed E-state index contributed by atoms with van der Waals surface area (Å²) in [7, 11) is 0. The quantitative estimate of drug-likeness (QED) is 0.766. The predicted octanol–water partition coefficient (Wildman–Crippen LogP) is 4.47. The summed E-state index contributed by atoms with van der Waals surface area (Å²) in [5, 5.41) is 0.737. The van der Waals surface area contributed by atoms with Crippen LogP contribution in [0.5, 0.6) is 0 Å². The summed E-state index contributed by atoms with van der Waals surface area (Å²) in [6.45, 7) is 1.97. The molecule has 0 aliphatic heterocycles. The van der Waals surface area contributed by atoms with Crippen LogP contribution in [0.15, 0.2) is 28.8 Å². The predicted molar refractivity (Wildman–Crippen MR) is 70.7 cm³/mol. The maximum Gasteiger partial charge on any atom is 0.194 e. The number of hydrogen-bond acceptors (Lipinski definition) is 2. The Balaban J connectivity index is 2.27. The van der Waals surface area contributed by atoms with E-state index >= 15 is 0 Å². The van der Waals surface area contributed by atoms with Crippen LogP contribution in [0.3, 0.4) is 0 Å². The Morgan fingerprint density at radius 2 is 2.18 bits per heavy atom. The summed E-state index contributed by atoms with van der Waals surface area (Å²) in [6, 6.07) is 5.75. The van der Waals surface area contributed by atoms with E-state index in [9.17, 15) is 0 Å². The van der Waals surface area contributed by atoms with Gasteiger partial charge in [0.05, 0.1) is 6.20 Å². The molecular formula is C13H13Cl2NO. The van der Waals surface area contributed by atoms with Gasteiger partial charge < -0.3 is 4.42 Å². The molecule has 0 N–H and O–H groups in total. The van der Waals surface area contributed by atoms with E-state index in [2.05, 4.69) is 4.98 Å². The first kappa shape index (κ1) is 12.5. The molecule has 0 radical (unpaired) electrons. The lowest BCUT2D eigenvalue weighted by Crippen LogP contribution is -1.85. The third kappa shape index (κ3) is 2.82. The number of aryl methyl sites for hydroxylation is 1. The highest BCUT2D eigenvalue weighted by atomic mass is 35.5. The molecule has 0 amide bonds. The Hall–Kier alpha value is -0.990. The van der Waals surface area contributed by atoms with Gasteiger partial charge in [-0.3, -0.25) is 0 Å². The third-order valence-electron chi connectivity index (χ3n) is 2.61. The van der Waals surface area contributed by atoms with Crippen molar-refractivity contribution in [3.8, 4) is 11.3 Å². The van der Waals surface area contributed by atoms with Gasteiger partial charge in [-0.05, 0) is 25.0 Å². The Kier molecular flexibility index (Phi) is 4.08. The van der Waals surface area contributed by atoms with Crippen molar-refractivity contribution in [2.24, 2.45) is 0 Å². The van der Waals surface area contributed by atoms with E-state index in [4.69, 9.17) is 27.6 Å². The molecule has 2 nitrogen and oxygen atoms in total. The molecular weight excluding hydrogens is 257 g/mol. The smallest absolute Gasteiger partial charge is 0.194 e. The summed E-state index contributed by atoms with van der Waals surface area (Å²) >= 11 is 11.7. The standard InChI is InChI=1S/C13H13Cl2NO/c1-9-10(4-2-5-11(9)15)12-8-16-13(17-12)6-3-7-14/h2,4-5,8H,3,6-7H2,1H3. The molecule has 1 heterocycles. The molecule has 0 aliphatic carbocycles. The molecule has 0 saturated carbocycles. The fourth-order valence-corrected chi connectivity index (χ4v) is 1.95. The molecule has 4 heteroatoms. The van der Waals surface area contributed by atoms with E-state index in [0.717, 1.165) is 40.6 Å². The first-order valence-electron chi connectivity index (χ1n) is 5.48. The van der Waals surface area contributed by atoms with Crippen molar-refractivity contribution in [2.75, 3.05) is 5.88 Å². The molecule has 1 aromatic carbocycles. The van der Waals surface area contributed by atoms with Crippen LogP contribution in [0.2, 0.25) is 5.02 Å². The maximum absolute atomic E-state index is 6.07. The molecule has 0 atom stereocenters. The highest BCUT2D eigenvalue weighted by Gasteiger charge is 2.10. The minimum Gasteiger partial charge on any atom is -0.441 e. The molecule has 2 aromatic rings. The molecule has 0 unspecified atom stereocenters. The van der Waals surface area contributed by atoms with Crippen LogP contribution in [0.4, 0.5) is 0 Å². The lowest BCUT2D eigenvalue weighted by atomic mass is 10.1. The van der Waals surface area contributed by atoms with Crippen LogP contribution in [0.1, 0.15) is 17.9 Å². The molecule has 17 heavy (non-hydrogen) atoms. The largest absolute Gasteiger partial charge is 0.441 e. The highest BCUT2D eigenvalue weighted by molar-refractivity contribution is 6.31. The van der Waals surface area contributed by atoms with Crippen molar-refractivity contribution in [3.63, 3.8) is 0 Å². The second-order valence-corrected chi connectivity index (χ2v) is 4.61. The van der Waals surface area contributed by atoms with E-state index < -0.39 is 0 Å². The van der Waals surface area contributed by atoms with Crippen molar-refractivity contribution in [3.05, 3.63) is 40.9 Å². The summed E-state index contributed by atoms with van der Waals surface area (Å²) in [6.07, 6.45) is 3.38. The maximum atomic E-state index is 6.07. The first-order valence-corrected chi connectivity index (χ1v) is 6.40. The minimum absolute atomic E-state index is 0.619. The van der Waals surface area contributed by atoms with Gasteiger partial charge in [0.25, 0.3) is 0 Å². The van der Waals surface area contributed by atoms with Crippen LogP contribution >= 0.6 is 23.2 Å². The summed E-state index contributed by atoms with van der Waals surface area (Å²) in [5.41, 5.74) is 2.00. The number of rotatable bonds is 4. The summed E-state index contributed by atoms with van der Waals surface area (Å²) in [4.78, 5) is 4.23. The molecule has 1 aromatic heterocycles. The second kappa shape index (κ2) is 5.56. The Bertz CT molecular complexity index is 508. The molecule has 0 fully saturated rings. The van der Waals surface area contributed by atoms with E-state index in [-0.39, 0.29) is 0 Å². The number of aromatic nitrogens is 1. The second-order valence-electron chi connectivity index (χ2n) is 3.82. The zero-order valence-electron chi connectivity index (χ0n) is 9.54. The van der Waals surface area contributed by atoms with Gasteiger partial charge in [0.15, 0.2) is 11.7 Å². The van der Waals surface area contributed by atoms with Crippen LogP contribution in [0, 0.1) is 6.92 Å². The average molecular weight is 270 g/mol. The van der Waals surface area contributed by atoms with Gasteiger partial charge in [-0.2, -0.15) is 0 Å². The van der Waals surface area contributed by atoms with E-state index in [0.29, 0.717) is 5.88 Å². The fraction of sp³-hybridized carbons (Fsp3) is 0.308. The first-order chi connectivity index (χ1) is 8.22. The lowest BCUT2D eigenvalue weighted by Gasteiger charge is -2.03. The van der Waals surface area contributed by atoms with Crippen molar-refractivity contribution in [1.82, 2.24) is 4.98 Å². The van der Waals surface area contributed by atoms with Gasteiger partial charge in [0.2, 0.25) is 0 Å². The van der Waals surface area contributed by atoms with Gasteiger partial charge in [0.1, 0.15) is 0 Å². The summed E-state index contributed by atoms with van der Waals surface area (Å²) in [5.74, 6) is 2.10. The fourth-order valence-electron chi connectivity index (χ4n) is 1.64. The zero-order valence-corrected chi connectivity index (χ0v) is 11.1. The zero-order chi connectivity index (χ0) is 12.3. The summed E-state index contributed by atoms with van der Waals surface area (Å²) < 4.78 is 5.68. The molecule has 0 saturated heterocycles. The van der Waals surface area contributed by atoms with Gasteiger partial charge in [-0.25, -0.2) is 4.98 Å². The number of nitrogens with zero attached hydrogens (tertiary/aromatic N) is 1. The normalized spacial score (nSPS) is 10.8. The van der Waals surface area contributed by atoms with Crippen LogP contribution < -0.4 is 0 Å². The van der Waals surface area contributed by atoms with Gasteiger partial charge >= 0.3 is 0 Å². The number of oxazole rings is 1. The topological polar surface area (TPSA) is 26.0 Å². The van der Waals surface area contributed by atoms with Crippen molar-refractivity contribution >= 4 is 23.2 Å². The Morgan fingerprint density at radius 1 is 1.35 bits per heavy atom. The molecule has 0 bridgehead atoms. The minimum atomic E-state index is 0.619. The Morgan fingerprint density at radius 3 is 2.94 bits per heavy atom.